The van der Waals surface area contributed by atoms with Gasteiger partial charge in [0.1, 0.15) is 6.61 Å². The van der Waals surface area contributed by atoms with Crippen molar-refractivity contribution in [2.45, 2.75) is 40.0 Å². The molecule has 0 fully saturated rings. The molecule has 3 heterocycles. The zero-order valence-corrected chi connectivity index (χ0v) is 18.5. The maximum Gasteiger partial charge on any atom is 0.293 e. The average Bonchev–Trinajstić information content (AvgIpc) is 3.14. The number of ether oxygens (including phenoxy) is 2. The van der Waals surface area contributed by atoms with Crippen LogP contribution < -0.4 is 5.56 Å². The maximum absolute atomic E-state index is 13.2. The smallest absolute Gasteiger partial charge is 0.293 e. The first kappa shape index (κ1) is 22.1. The number of pyridine rings is 2. The van der Waals surface area contributed by atoms with Gasteiger partial charge in [-0.05, 0) is 36.9 Å². The Bertz CT molecular complexity index is 1110. The number of thioether (sulfide) groups is 1. The summed E-state index contributed by atoms with van der Waals surface area (Å²) in [6.45, 7) is 6.64. The van der Waals surface area contributed by atoms with Crippen molar-refractivity contribution in [3.05, 3.63) is 63.4 Å². The molecule has 0 amide bonds. The summed E-state index contributed by atoms with van der Waals surface area (Å²) in [4.78, 5) is 28.7. The van der Waals surface area contributed by atoms with E-state index in [1.807, 2.05) is 57.4 Å². The molecule has 0 spiro atoms. The number of carbonyl (C=O) groups excluding carboxylic acids is 1. The third kappa shape index (κ3) is 4.13. The monoisotopic (exact) mass is 426 g/mol. The third-order valence-corrected chi connectivity index (χ3v) is 5.35. The third-order valence-electron chi connectivity index (χ3n) is 4.98. The number of rotatable bonds is 7. The van der Waals surface area contributed by atoms with Gasteiger partial charge >= 0.3 is 0 Å². The molecule has 1 atom stereocenters. The van der Waals surface area contributed by atoms with Crippen molar-refractivity contribution < 1.29 is 14.3 Å². The second-order valence-corrected chi connectivity index (χ2v) is 7.48. The van der Waals surface area contributed by atoms with Crippen molar-refractivity contribution in [2.24, 2.45) is 0 Å². The molecule has 2 aromatic heterocycles. The minimum atomic E-state index is -0.305. The van der Waals surface area contributed by atoms with Crippen molar-refractivity contribution in [1.82, 2.24) is 9.55 Å². The standard InChI is InChI=1S/C21H20N2O4S.C2H6/c1-13(27-12-28-2)16-8-19-20-15(7-14-5-3-4-6-18(14)22-20)9-23(19)21(25)17(16)10-26-11-24;1-2/h3-8,11,13H,9-10,12H2,1-2H3;1-2H3. The summed E-state index contributed by atoms with van der Waals surface area (Å²) < 4.78 is 12.4. The Balaban J connectivity index is 0.00000124. The van der Waals surface area contributed by atoms with Crippen molar-refractivity contribution in [3.8, 4) is 11.4 Å². The van der Waals surface area contributed by atoms with Crippen LogP contribution in [0.15, 0.2) is 41.2 Å². The van der Waals surface area contributed by atoms with Gasteiger partial charge in [-0.25, -0.2) is 4.98 Å². The number of para-hydroxylation sites is 1. The minimum Gasteiger partial charge on any atom is -0.463 e. The molecule has 0 bridgehead atoms. The van der Waals surface area contributed by atoms with Crippen molar-refractivity contribution in [1.29, 1.82) is 0 Å². The van der Waals surface area contributed by atoms with Crippen LogP contribution in [-0.4, -0.2) is 28.2 Å². The van der Waals surface area contributed by atoms with E-state index < -0.39 is 0 Å². The van der Waals surface area contributed by atoms with E-state index in [2.05, 4.69) is 6.07 Å². The van der Waals surface area contributed by atoms with E-state index in [0.29, 0.717) is 24.5 Å². The molecular weight excluding hydrogens is 400 g/mol. The molecule has 0 N–H and O–H groups in total. The number of nitrogens with zero attached hydrogens (tertiary/aromatic N) is 2. The number of hydrogen-bond acceptors (Lipinski definition) is 6. The fourth-order valence-electron chi connectivity index (χ4n) is 3.62. The minimum absolute atomic E-state index is 0.0728. The fourth-order valence-corrected chi connectivity index (χ4v) is 3.96. The van der Waals surface area contributed by atoms with Gasteiger partial charge in [0.2, 0.25) is 0 Å². The number of aromatic nitrogens is 2. The van der Waals surface area contributed by atoms with Crippen LogP contribution in [0.5, 0.6) is 0 Å². The van der Waals surface area contributed by atoms with Gasteiger partial charge in [0.15, 0.2) is 0 Å². The van der Waals surface area contributed by atoms with Crippen molar-refractivity contribution in [2.75, 3.05) is 12.2 Å². The number of benzene rings is 1. The van der Waals surface area contributed by atoms with Crippen LogP contribution in [0, 0.1) is 0 Å². The second-order valence-electron chi connectivity index (χ2n) is 6.67. The van der Waals surface area contributed by atoms with Gasteiger partial charge in [0, 0.05) is 10.9 Å². The van der Waals surface area contributed by atoms with Crippen molar-refractivity contribution >= 4 is 29.1 Å². The normalized spacial score (nSPS) is 12.5. The van der Waals surface area contributed by atoms with E-state index in [-0.39, 0.29) is 18.3 Å². The number of fused-ring (bicyclic) bond motifs is 4. The van der Waals surface area contributed by atoms with E-state index in [4.69, 9.17) is 14.5 Å². The Labute approximate surface area is 180 Å². The van der Waals surface area contributed by atoms with E-state index in [0.717, 1.165) is 33.4 Å². The lowest BCUT2D eigenvalue weighted by molar-refractivity contribution is -0.129. The number of hydrogen-bond donors (Lipinski definition) is 0. The molecule has 1 unspecified atom stereocenters. The number of carbonyl (C=O) groups is 1. The molecule has 1 aliphatic rings. The topological polar surface area (TPSA) is 70.4 Å². The molecule has 1 aliphatic heterocycles. The quantitative estimate of drug-likeness (QED) is 0.320. The van der Waals surface area contributed by atoms with Gasteiger partial charge < -0.3 is 14.0 Å². The van der Waals surface area contributed by atoms with Crippen LogP contribution in [0.25, 0.3) is 22.3 Å². The van der Waals surface area contributed by atoms with Crippen LogP contribution in [0.4, 0.5) is 0 Å². The first-order valence-corrected chi connectivity index (χ1v) is 11.3. The Morgan fingerprint density at radius 2 is 2.03 bits per heavy atom. The maximum atomic E-state index is 13.2. The zero-order valence-electron chi connectivity index (χ0n) is 17.7. The first-order valence-electron chi connectivity index (χ1n) is 9.95. The fraction of sp³-hybridized carbons (Fsp3) is 0.348. The highest BCUT2D eigenvalue weighted by Crippen LogP contribution is 2.34. The highest BCUT2D eigenvalue weighted by atomic mass is 32.2. The predicted molar refractivity (Wildman–Crippen MR) is 121 cm³/mol. The van der Waals surface area contributed by atoms with Crippen LogP contribution in [-0.2, 0) is 27.4 Å². The van der Waals surface area contributed by atoms with E-state index >= 15 is 0 Å². The van der Waals surface area contributed by atoms with E-state index in [1.54, 1.807) is 16.3 Å². The lowest BCUT2D eigenvalue weighted by Crippen LogP contribution is -2.26. The summed E-state index contributed by atoms with van der Waals surface area (Å²) >= 11 is 1.56. The summed E-state index contributed by atoms with van der Waals surface area (Å²) in [5.74, 6) is 0.507. The van der Waals surface area contributed by atoms with Gasteiger partial charge in [0.25, 0.3) is 12.0 Å². The molecule has 30 heavy (non-hydrogen) atoms. The first-order chi connectivity index (χ1) is 14.6. The van der Waals surface area contributed by atoms with Gasteiger partial charge in [0.05, 0.1) is 41.1 Å². The summed E-state index contributed by atoms with van der Waals surface area (Å²) in [7, 11) is 0. The lowest BCUT2D eigenvalue weighted by atomic mass is 10.0. The van der Waals surface area contributed by atoms with Crippen LogP contribution >= 0.6 is 11.8 Å². The summed E-state index contributed by atoms with van der Waals surface area (Å²) in [6, 6.07) is 11.9. The van der Waals surface area contributed by atoms with Gasteiger partial charge in [-0.1, -0.05) is 32.0 Å². The van der Waals surface area contributed by atoms with Crippen LogP contribution in [0.3, 0.4) is 0 Å². The Morgan fingerprint density at radius 3 is 2.77 bits per heavy atom. The summed E-state index contributed by atoms with van der Waals surface area (Å²) in [5.41, 5.74) is 4.50. The molecular formula is C23H26N2O4S. The molecule has 0 saturated heterocycles. The van der Waals surface area contributed by atoms with Crippen LogP contribution in [0.2, 0.25) is 0 Å². The van der Waals surface area contributed by atoms with E-state index in [1.165, 1.54) is 0 Å². The molecule has 1 aromatic carbocycles. The summed E-state index contributed by atoms with van der Waals surface area (Å²) in [5, 5.41) is 1.04. The van der Waals surface area contributed by atoms with Gasteiger partial charge in [-0.3, -0.25) is 9.59 Å². The Hall–Kier alpha value is -2.64. The van der Waals surface area contributed by atoms with Crippen molar-refractivity contribution in [3.63, 3.8) is 0 Å². The molecule has 7 heteroatoms. The second kappa shape index (κ2) is 9.91. The largest absolute Gasteiger partial charge is 0.463 e. The molecule has 6 nitrogen and oxygen atoms in total. The highest BCUT2D eigenvalue weighted by molar-refractivity contribution is 7.98. The summed E-state index contributed by atoms with van der Waals surface area (Å²) in [6.07, 6.45) is 1.65. The SMILES string of the molecule is CC.CSCOC(C)c1cc2n(c(=O)c1COC=O)Cc1cc3ccccc3nc1-2. The predicted octanol–water partition coefficient (Wildman–Crippen LogP) is 4.52. The lowest BCUT2D eigenvalue weighted by Gasteiger charge is -2.18. The molecule has 0 saturated carbocycles. The molecule has 0 radical (unpaired) electrons. The van der Waals surface area contributed by atoms with Gasteiger partial charge in [-0.15, -0.1) is 11.8 Å². The Kier molecular flexibility index (Phi) is 7.29. The molecule has 3 aromatic rings. The van der Waals surface area contributed by atoms with E-state index in [9.17, 15) is 9.59 Å². The molecule has 0 aliphatic carbocycles. The van der Waals surface area contributed by atoms with Crippen LogP contribution in [0.1, 0.15) is 43.6 Å². The molecule has 158 valence electrons. The highest BCUT2D eigenvalue weighted by Gasteiger charge is 2.27. The molecule has 4 rings (SSSR count). The average molecular weight is 427 g/mol. The zero-order chi connectivity index (χ0) is 21.7. The Morgan fingerprint density at radius 1 is 1.27 bits per heavy atom. The van der Waals surface area contributed by atoms with Gasteiger partial charge in [-0.2, -0.15) is 0 Å².